The van der Waals surface area contributed by atoms with E-state index in [1.54, 1.807) is 0 Å². The summed E-state index contributed by atoms with van der Waals surface area (Å²) in [6, 6.07) is 0. The predicted molar refractivity (Wildman–Crippen MR) is 57.5 cm³/mol. The van der Waals surface area contributed by atoms with E-state index in [4.69, 9.17) is 16.3 Å². The Morgan fingerprint density at radius 3 is 2.71 bits per heavy atom. The summed E-state index contributed by atoms with van der Waals surface area (Å²) in [6.07, 6.45) is 3.31. The van der Waals surface area contributed by atoms with Crippen LogP contribution in [0.15, 0.2) is 11.6 Å². The van der Waals surface area contributed by atoms with Crippen LogP contribution in [0.4, 0.5) is 0 Å². The highest BCUT2D eigenvalue weighted by Gasteiger charge is 2.30. The molecule has 82 valence electrons. The molecule has 1 heterocycles. The van der Waals surface area contributed by atoms with Crippen LogP contribution in [0.2, 0.25) is 0 Å². The molecule has 3 nitrogen and oxygen atoms in total. The molecule has 0 aliphatic carbocycles. The second-order valence-corrected chi connectivity index (χ2v) is 4.15. The Balaban J connectivity index is 2.32. The number of aliphatic hydroxyl groups is 1. The van der Waals surface area contributed by atoms with Gasteiger partial charge in [0.25, 0.3) is 0 Å². The lowest BCUT2D eigenvalue weighted by atomic mass is 9.94. The van der Waals surface area contributed by atoms with E-state index in [0.717, 1.165) is 19.4 Å². The Hall–Kier alpha value is -0.0900. The van der Waals surface area contributed by atoms with Crippen LogP contribution in [0.25, 0.3) is 0 Å². The summed E-state index contributed by atoms with van der Waals surface area (Å²) in [5.74, 6) is 0. The van der Waals surface area contributed by atoms with Crippen LogP contribution in [0.3, 0.4) is 0 Å². The van der Waals surface area contributed by atoms with Crippen molar-refractivity contribution in [2.45, 2.75) is 18.4 Å². The molecule has 0 spiro atoms. The summed E-state index contributed by atoms with van der Waals surface area (Å²) in [5.41, 5.74) is 0.928. The minimum atomic E-state index is -0.576. The molecule has 0 aromatic carbocycles. The monoisotopic (exact) mass is 219 g/mol. The van der Waals surface area contributed by atoms with Crippen LogP contribution in [0, 0.1) is 0 Å². The SMILES string of the molecule is CN(C/C=C/Cl)CC1(O)CCOCC1. The van der Waals surface area contributed by atoms with Crippen LogP contribution >= 0.6 is 11.6 Å². The van der Waals surface area contributed by atoms with Crippen molar-refractivity contribution in [1.82, 2.24) is 4.90 Å². The molecule has 0 amide bonds. The van der Waals surface area contributed by atoms with Crippen LogP contribution in [-0.2, 0) is 4.74 Å². The molecule has 0 aromatic rings. The molecule has 1 fully saturated rings. The maximum atomic E-state index is 10.2. The van der Waals surface area contributed by atoms with Crippen molar-refractivity contribution in [3.8, 4) is 0 Å². The zero-order valence-corrected chi connectivity index (χ0v) is 9.33. The minimum absolute atomic E-state index is 0.576. The third kappa shape index (κ3) is 3.96. The molecule has 1 rings (SSSR count). The molecular weight excluding hydrogens is 202 g/mol. The summed E-state index contributed by atoms with van der Waals surface area (Å²) in [5, 5.41) is 10.2. The van der Waals surface area contributed by atoms with Crippen molar-refractivity contribution in [2.75, 3.05) is 33.4 Å². The molecule has 0 unspecified atom stereocenters. The Morgan fingerprint density at radius 2 is 2.14 bits per heavy atom. The van der Waals surface area contributed by atoms with Crippen molar-refractivity contribution in [3.63, 3.8) is 0 Å². The lowest BCUT2D eigenvalue weighted by Gasteiger charge is -2.35. The first-order valence-electron chi connectivity index (χ1n) is 4.90. The van der Waals surface area contributed by atoms with Gasteiger partial charge >= 0.3 is 0 Å². The summed E-state index contributed by atoms with van der Waals surface area (Å²) >= 11 is 5.43. The summed E-state index contributed by atoms with van der Waals surface area (Å²) in [4.78, 5) is 2.06. The summed E-state index contributed by atoms with van der Waals surface area (Å²) in [6.45, 7) is 2.77. The van der Waals surface area contributed by atoms with Gasteiger partial charge in [0.2, 0.25) is 0 Å². The largest absolute Gasteiger partial charge is 0.388 e. The summed E-state index contributed by atoms with van der Waals surface area (Å²) < 4.78 is 5.21. The first-order chi connectivity index (χ1) is 6.66. The number of halogens is 1. The zero-order chi connectivity index (χ0) is 10.4. The normalized spacial score (nSPS) is 22.0. The maximum absolute atomic E-state index is 10.2. The molecule has 1 N–H and O–H groups in total. The molecule has 0 aromatic heterocycles. The standard InChI is InChI=1S/C10H18ClNO2/c1-12(6-2-5-11)9-10(13)3-7-14-8-4-10/h2,5,13H,3-4,6-9H2,1H3/b5-2+. The molecule has 4 heteroatoms. The first-order valence-corrected chi connectivity index (χ1v) is 5.34. The average molecular weight is 220 g/mol. The molecule has 0 saturated carbocycles. The van der Waals surface area contributed by atoms with Gasteiger partial charge in [-0.1, -0.05) is 17.7 Å². The fraction of sp³-hybridized carbons (Fsp3) is 0.800. The summed E-state index contributed by atoms with van der Waals surface area (Å²) in [7, 11) is 1.98. The van der Waals surface area contributed by atoms with Crippen molar-refractivity contribution in [2.24, 2.45) is 0 Å². The van der Waals surface area contributed by atoms with Gasteiger partial charge in [0, 0.05) is 44.7 Å². The number of rotatable bonds is 4. The number of ether oxygens (including phenoxy) is 1. The van der Waals surface area contributed by atoms with Gasteiger partial charge in [-0.2, -0.15) is 0 Å². The second-order valence-electron chi connectivity index (χ2n) is 3.90. The topological polar surface area (TPSA) is 32.7 Å². The smallest absolute Gasteiger partial charge is 0.0817 e. The van der Waals surface area contributed by atoms with Crippen LogP contribution in [0.5, 0.6) is 0 Å². The van der Waals surface area contributed by atoms with Gasteiger partial charge in [-0.25, -0.2) is 0 Å². The molecule has 1 aliphatic rings. The molecule has 1 saturated heterocycles. The van der Waals surface area contributed by atoms with E-state index < -0.39 is 5.60 Å². The van der Waals surface area contributed by atoms with Gasteiger partial charge < -0.3 is 9.84 Å². The fourth-order valence-corrected chi connectivity index (χ4v) is 1.78. The van der Waals surface area contributed by atoms with Gasteiger partial charge in [-0.3, -0.25) is 4.90 Å². The fourth-order valence-electron chi connectivity index (χ4n) is 1.70. The Bertz CT molecular complexity index is 191. The number of hydrogen-bond donors (Lipinski definition) is 1. The highest BCUT2D eigenvalue weighted by Crippen LogP contribution is 2.21. The van der Waals surface area contributed by atoms with Gasteiger partial charge in [0.05, 0.1) is 5.60 Å². The Morgan fingerprint density at radius 1 is 1.50 bits per heavy atom. The third-order valence-electron chi connectivity index (χ3n) is 2.49. The van der Waals surface area contributed by atoms with Gasteiger partial charge in [0.1, 0.15) is 0 Å². The van der Waals surface area contributed by atoms with Gasteiger partial charge in [-0.05, 0) is 7.05 Å². The van der Waals surface area contributed by atoms with Gasteiger partial charge in [0.15, 0.2) is 0 Å². The molecule has 1 aliphatic heterocycles. The second kappa shape index (κ2) is 5.71. The lowest BCUT2D eigenvalue weighted by molar-refractivity contribution is -0.0756. The lowest BCUT2D eigenvalue weighted by Crippen LogP contribution is -2.45. The van der Waals surface area contributed by atoms with Crippen LogP contribution in [0.1, 0.15) is 12.8 Å². The molecule has 0 atom stereocenters. The van der Waals surface area contributed by atoms with E-state index in [9.17, 15) is 5.11 Å². The quantitative estimate of drug-likeness (QED) is 0.772. The van der Waals surface area contributed by atoms with E-state index in [0.29, 0.717) is 19.8 Å². The molecule has 0 radical (unpaired) electrons. The first kappa shape index (κ1) is 12.0. The van der Waals surface area contributed by atoms with E-state index in [1.165, 1.54) is 5.54 Å². The van der Waals surface area contributed by atoms with E-state index in [1.807, 2.05) is 13.1 Å². The Labute approximate surface area is 90.3 Å². The van der Waals surface area contributed by atoms with Crippen molar-refractivity contribution in [3.05, 3.63) is 11.6 Å². The highest BCUT2D eigenvalue weighted by atomic mass is 35.5. The number of likely N-dealkylation sites (N-methyl/N-ethyl adjacent to an activating group) is 1. The van der Waals surface area contributed by atoms with E-state index in [-0.39, 0.29) is 0 Å². The molecule has 14 heavy (non-hydrogen) atoms. The van der Waals surface area contributed by atoms with Crippen molar-refractivity contribution in [1.29, 1.82) is 0 Å². The Kier molecular flexibility index (Phi) is 4.89. The third-order valence-corrected chi connectivity index (χ3v) is 2.67. The number of hydrogen-bond acceptors (Lipinski definition) is 3. The van der Waals surface area contributed by atoms with Gasteiger partial charge in [-0.15, -0.1) is 0 Å². The predicted octanol–water partition coefficient (Wildman–Crippen LogP) is 1.21. The van der Waals surface area contributed by atoms with E-state index >= 15 is 0 Å². The zero-order valence-electron chi connectivity index (χ0n) is 8.58. The minimum Gasteiger partial charge on any atom is -0.388 e. The van der Waals surface area contributed by atoms with Crippen LogP contribution in [-0.4, -0.2) is 49.0 Å². The number of nitrogens with zero attached hydrogens (tertiary/aromatic N) is 1. The van der Waals surface area contributed by atoms with Crippen molar-refractivity contribution >= 4 is 11.6 Å². The molecule has 0 bridgehead atoms. The van der Waals surface area contributed by atoms with Crippen molar-refractivity contribution < 1.29 is 9.84 Å². The van der Waals surface area contributed by atoms with E-state index in [2.05, 4.69) is 4.90 Å². The highest BCUT2D eigenvalue weighted by molar-refractivity contribution is 6.25. The van der Waals surface area contributed by atoms with Crippen LogP contribution < -0.4 is 0 Å². The maximum Gasteiger partial charge on any atom is 0.0817 e. The molecular formula is C10H18ClNO2. The average Bonchev–Trinajstić information content (AvgIpc) is 2.15.